The Labute approximate surface area is 113 Å². The van der Waals surface area contributed by atoms with Gasteiger partial charge in [-0.15, -0.1) is 0 Å². The molecule has 0 spiro atoms. The molecule has 3 rings (SSSR count). The van der Waals surface area contributed by atoms with Gasteiger partial charge in [-0.05, 0) is 18.2 Å². The lowest BCUT2D eigenvalue weighted by atomic mass is 10.2. The minimum absolute atomic E-state index is 0.319. The Balaban J connectivity index is 2.05. The summed E-state index contributed by atoms with van der Waals surface area (Å²) in [7, 11) is 0. The van der Waals surface area contributed by atoms with Crippen LogP contribution in [0.3, 0.4) is 0 Å². The van der Waals surface area contributed by atoms with Crippen molar-refractivity contribution in [1.29, 1.82) is 5.26 Å². The molecule has 0 radical (unpaired) electrons. The highest BCUT2D eigenvalue weighted by Gasteiger charge is 2.06. The molecule has 1 aromatic carbocycles. The van der Waals surface area contributed by atoms with Crippen LogP contribution in [-0.4, -0.2) is 19.6 Å². The third-order valence-corrected chi connectivity index (χ3v) is 2.68. The number of nitrogens with one attached hydrogen (secondary N) is 1. The van der Waals surface area contributed by atoms with Gasteiger partial charge in [0, 0.05) is 11.8 Å². The number of nitrogens with zero attached hydrogens (tertiary/aromatic N) is 5. The summed E-state index contributed by atoms with van der Waals surface area (Å²) in [5.41, 5.74) is 1.33. The number of hydrogen-bond acceptors (Lipinski definition) is 5. The quantitative estimate of drug-likeness (QED) is 0.723. The second-order valence-corrected chi connectivity index (χ2v) is 4.14. The van der Waals surface area contributed by atoms with Gasteiger partial charge in [0.1, 0.15) is 17.3 Å². The average Bonchev–Trinajstić information content (AvgIpc) is 2.87. The molecule has 3 aromatic rings. The van der Waals surface area contributed by atoms with E-state index in [2.05, 4.69) is 26.5 Å². The molecule has 0 aliphatic rings. The van der Waals surface area contributed by atoms with Crippen LogP contribution in [0.15, 0.2) is 36.7 Å². The molecule has 0 saturated heterocycles. The van der Waals surface area contributed by atoms with Crippen molar-refractivity contribution in [3.05, 3.63) is 47.4 Å². The van der Waals surface area contributed by atoms with Gasteiger partial charge in [-0.25, -0.2) is 0 Å². The lowest BCUT2D eigenvalue weighted by Gasteiger charge is -2.08. The number of rotatable bonds is 2. The second-order valence-electron chi connectivity index (χ2n) is 3.75. The molecule has 19 heavy (non-hydrogen) atoms. The van der Waals surface area contributed by atoms with Gasteiger partial charge in [0.2, 0.25) is 0 Å². The Morgan fingerprint density at radius 3 is 3.05 bits per heavy atom. The Bertz CT molecular complexity index is 788. The predicted octanol–water partition coefficient (Wildman–Crippen LogP) is 2.39. The van der Waals surface area contributed by atoms with Gasteiger partial charge in [-0.3, -0.25) is 0 Å². The number of hydrogen-bond donors (Lipinski definition) is 1. The van der Waals surface area contributed by atoms with E-state index >= 15 is 0 Å². The van der Waals surface area contributed by atoms with Crippen LogP contribution in [0.2, 0.25) is 5.15 Å². The van der Waals surface area contributed by atoms with Crippen molar-refractivity contribution in [2.75, 3.05) is 5.32 Å². The molecule has 0 fully saturated rings. The van der Waals surface area contributed by atoms with Crippen LogP contribution < -0.4 is 5.32 Å². The van der Waals surface area contributed by atoms with Crippen molar-refractivity contribution in [2.45, 2.75) is 0 Å². The second kappa shape index (κ2) is 4.55. The number of halogens is 1. The summed E-state index contributed by atoms with van der Waals surface area (Å²) in [5.74, 6) is 1.04. The molecule has 0 unspecified atom stereocenters. The third kappa shape index (κ3) is 2.19. The van der Waals surface area contributed by atoms with E-state index in [1.54, 1.807) is 24.3 Å². The highest BCUT2D eigenvalue weighted by molar-refractivity contribution is 6.29. The third-order valence-electron chi connectivity index (χ3n) is 2.48. The molecule has 7 heteroatoms. The summed E-state index contributed by atoms with van der Waals surface area (Å²) in [5, 5.41) is 16.4. The van der Waals surface area contributed by atoms with Crippen molar-refractivity contribution >= 4 is 28.9 Å². The van der Waals surface area contributed by atoms with Crippen molar-refractivity contribution in [3.63, 3.8) is 0 Å². The van der Waals surface area contributed by atoms with Crippen molar-refractivity contribution in [1.82, 2.24) is 19.6 Å². The average molecular weight is 271 g/mol. The topological polar surface area (TPSA) is 78.9 Å². The lowest BCUT2D eigenvalue weighted by Crippen LogP contribution is -2.01. The standard InChI is InChI=1S/C12H7ClN6/c13-10-5-11(19-12(18-10)15-7-16-19)17-9-3-1-2-8(4-9)6-14/h1-5,7,17H. The van der Waals surface area contributed by atoms with Crippen LogP contribution in [0.25, 0.3) is 5.78 Å². The summed E-state index contributed by atoms with van der Waals surface area (Å²) in [6, 6.07) is 10.8. The zero-order valence-electron chi connectivity index (χ0n) is 9.58. The first-order chi connectivity index (χ1) is 9.26. The molecule has 0 amide bonds. The summed E-state index contributed by atoms with van der Waals surface area (Å²) >= 11 is 5.92. The fraction of sp³-hybridized carbons (Fsp3) is 0. The number of benzene rings is 1. The minimum atomic E-state index is 0.319. The number of nitriles is 1. The van der Waals surface area contributed by atoms with Crippen molar-refractivity contribution in [2.24, 2.45) is 0 Å². The lowest BCUT2D eigenvalue weighted by molar-refractivity contribution is 0.947. The van der Waals surface area contributed by atoms with E-state index in [1.165, 1.54) is 10.8 Å². The molecule has 0 atom stereocenters. The van der Waals surface area contributed by atoms with Gasteiger partial charge in [0.05, 0.1) is 11.6 Å². The Morgan fingerprint density at radius 2 is 2.21 bits per heavy atom. The summed E-state index contributed by atoms with van der Waals surface area (Å²) in [4.78, 5) is 8.01. The first-order valence-corrected chi connectivity index (χ1v) is 5.77. The fourth-order valence-electron chi connectivity index (χ4n) is 1.69. The molecule has 0 bridgehead atoms. The maximum atomic E-state index is 8.87. The van der Waals surface area contributed by atoms with E-state index < -0.39 is 0 Å². The van der Waals surface area contributed by atoms with Crippen LogP contribution in [0.1, 0.15) is 5.56 Å². The summed E-state index contributed by atoms with van der Waals surface area (Å²) in [6.07, 6.45) is 1.40. The molecule has 1 N–H and O–H groups in total. The van der Waals surface area contributed by atoms with Gasteiger partial charge in [0.15, 0.2) is 0 Å². The van der Waals surface area contributed by atoms with Gasteiger partial charge in [-0.1, -0.05) is 17.7 Å². The fourth-order valence-corrected chi connectivity index (χ4v) is 1.87. The van der Waals surface area contributed by atoms with E-state index in [0.717, 1.165) is 5.69 Å². The van der Waals surface area contributed by atoms with E-state index in [4.69, 9.17) is 16.9 Å². The monoisotopic (exact) mass is 270 g/mol. The smallest absolute Gasteiger partial charge is 0.255 e. The highest BCUT2D eigenvalue weighted by atomic mass is 35.5. The van der Waals surface area contributed by atoms with Crippen LogP contribution in [0.5, 0.6) is 0 Å². The first-order valence-electron chi connectivity index (χ1n) is 5.40. The normalized spacial score (nSPS) is 10.3. The summed E-state index contributed by atoms with van der Waals surface area (Å²) in [6.45, 7) is 0. The molecular formula is C12H7ClN6. The van der Waals surface area contributed by atoms with Crippen LogP contribution in [0, 0.1) is 11.3 Å². The molecule has 92 valence electrons. The van der Waals surface area contributed by atoms with Gasteiger partial charge in [-0.2, -0.15) is 24.8 Å². The zero-order valence-corrected chi connectivity index (χ0v) is 10.3. The molecule has 0 aliphatic heterocycles. The van der Waals surface area contributed by atoms with Crippen molar-refractivity contribution in [3.8, 4) is 6.07 Å². The first kappa shape index (κ1) is 11.4. The van der Waals surface area contributed by atoms with Crippen LogP contribution in [0.4, 0.5) is 11.5 Å². The highest BCUT2D eigenvalue weighted by Crippen LogP contribution is 2.20. The minimum Gasteiger partial charge on any atom is -0.340 e. The van der Waals surface area contributed by atoms with Crippen molar-refractivity contribution < 1.29 is 0 Å². The maximum absolute atomic E-state index is 8.87. The zero-order chi connectivity index (χ0) is 13.2. The van der Waals surface area contributed by atoms with E-state index in [1.807, 2.05) is 6.07 Å². The molecule has 2 aromatic heterocycles. The molecule has 0 aliphatic carbocycles. The summed E-state index contributed by atoms with van der Waals surface area (Å²) < 4.78 is 1.53. The van der Waals surface area contributed by atoms with Gasteiger partial charge >= 0.3 is 0 Å². The predicted molar refractivity (Wildman–Crippen MR) is 70.2 cm³/mol. The molecular weight excluding hydrogens is 264 g/mol. The molecule has 2 heterocycles. The number of aromatic nitrogens is 4. The molecule has 6 nitrogen and oxygen atoms in total. The van der Waals surface area contributed by atoms with E-state index in [9.17, 15) is 0 Å². The Hall–Kier alpha value is -2.65. The van der Waals surface area contributed by atoms with Crippen LogP contribution >= 0.6 is 11.6 Å². The van der Waals surface area contributed by atoms with Gasteiger partial charge in [0.25, 0.3) is 5.78 Å². The van der Waals surface area contributed by atoms with E-state index in [0.29, 0.717) is 22.3 Å². The van der Waals surface area contributed by atoms with Gasteiger partial charge < -0.3 is 5.32 Å². The molecule has 0 saturated carbocycles. The largest absolute Gasteiger partial charge is 0.340 e. The van der Waals surface area contributed by atoms with E-state index in [-0.39, 0.29) is 0 Å². The van der Waals surface area contributed by atoms with Crippen LogP contribution in [-0.2, 0) is 0 Å². The number of anilines is 2. The Kier molecular flexibility index (Phi) is 2.74. The Morgan fingerprint density at radius 1 is 1.32 bits per heavy atom. The number of fused-ring (bicyclic) bond motifs is 1. The maximum Gasteiger partial charge on any atom is 0.255 e. The SMILES string of the molecule is N#Cc1cccc(Nc2cc(Cl)nc3ncnn23)c1.